The highest BCUT2D eigenvalue weighted by molar-refractivity contribution is 9.11. The van der Waals surface area contributed by atoms with Gasteiger partial charge in [-0.25, -0.2) is 0 Å². The SMILES string of the molecule is NC(c1ccc(Br)s1)C1CCCC1. The number of thiophene rings is 1. The number of rotatable bonds is 2. The van der Waals surface area contributed by atoms with Gasteiger partial charge in [-0.3, -0.25) is 0 Å². The maximum absolute atomic E-state index is 6.20. The zero-order valence-electron chi connectivity index (χ0n) is 7.50. The maximum Gasteiger partial charge on any atom is 0.0701 e. The van der Waals surface area contributed by atoms with Crippen molar-refractivity contribution in [3.63, 3.8) is 0 Å². The topological polar surface area (TPSA) is 26.0 Å². The molecule has 0 aliphatic heterocycles. The van der Waals surface area contributed by atoms with Crippen LogP contribution in [0.15, 0.2) is 15.9 Å². The number of hydrogen-bond acceptors (Lipinski definition) is 2. The molecule has 13 heavy (non-hydrogen) atoms. The Kier molecular flexibility index (Phi) is 3.06. The fourth-order valence-corrected chi connectivity index (χ4v) is 3.58. The molecule has 0 saturated heterocycles. The Labute approximate surface area is 91.5 Å². The van der Waals surface area contributed by atoms with Crippen LogP contribution in [0.1, 0.15) is 36.6 Å². The first kappa shape index (κ1) is 9.69. The third kappa shape index (κ3) is 2.14. The summed E-state index contributed by atoms with van der Waals surface area (Å²) in [5, 5.41) is 0. The van der Waals surface area contributed by atoms with Crippen molar-refractivity contribution in [3.05, 3.63) is 20.8 Å². The van der Waals surface area contributed by atoms with Crippen LogP contribution in [0.3, 0.4) is 0 Å². The lowest BCUT2D eigenvalue weighted by Crippen LogP contribution is -2.17. The van der Waals surface area contributed by atoms with Crippen molar-refractivity contribution in [2.45, 2.75) is 31.7 Å². The highest BCUT2D eigenvalue weighted by Gasteiger charge is 2.23. The van der Waals surface area contributed by atoms with E-state index in [9.17, 15) is 0 Å². The van der Waals surface area contributed by atoms with E-state index < -0.39 is 0 Å². The van der Waals surface area contributed by atoms with Crippen molar-refractivity contribution in [1.29, 1.82) is 0 Å². The Morgan fingerprint density at radius 2 is 2.08 bits per heavy atom. The van der Waals surface area contributed by atoms with E-state index in [0.29, 0.717) is 0 Å². The van der Waals surface area contributed by atoms with Crippen LogP contribution >= 0.6 is 27.3 Å². The van der Waals surface area contributed by atoms with E-state index in [2.05, 4.69) is 28.1 Å². The standard InChI is InChI=1S/C10H14BrNS/c11-9-6-5-8(13-9)10(12)7-3-1-2-4-7/h5-7,10H,1-4,12H2. The molecule has 1 saturated carbocycles. The molecule has 1 aliphatic carbocycles. The monoisotopic (exact) mass is 259 g/mol. The normalized spacial score (nSPS) is 20.8. The minimum Gasteiger partial charge on any atom is -0.323 e. The van der Waals surface area contributed by atoms with E-state index in [1.54, 1.807) is 11.3 Å². The fourth-order valence-electron chi connectivity index (χ4n) is 2.06. The van der Waals surface area contributed by atoms with Crippen LogP contribution in [0.4, 0.5) is 0 Å². The summed E-state index contributed by atoms with van der Waals surface area (Å²) in [5.41, 5.74) is 6.20. The molecule has 0 bridgehead atoms. The van der Waals surface area contributed by atoms with E-state index in [1.165, 1.54) is 34.3 Å². The van der Waals surface area contributed by atoms with Crippen molar-refractivity contribution >= 4 is 27.3 Å². The third-order valence-electron chi connectivity index (χ3n) is 2.83. The molecule has 3 heteroatoms. The van der Waals surface area contributed by atoms with Gasteiger partial charge >= 0.3 is 0 Å². The van der Waals surface area contributed by atoms with Gasteiger partial charge in [-0.2, -0.15) is 0 Å². The van der Waals surface area contributed by atoms with Gasteiger partial charge in [0.1, 0.15) is 0 Å². The second-order valence-electron chi connectivity index (χ2n) is 3.71. The summed E-state index contributed by atoms with van der Waals surface area (Å²) in [6.45, 7) is 0. The molecule has 1 fully saturated rings. The van der Waals surface area contributed by atoms with Gasteiger partial charge in [0, 0.05) is 10.9 Å². The van der Waals surface area contributed by atoms with Gasteiger partial charge in [0.2, 0.25) is 0 Å². The first-order valence-electron chi connectivity index (χ1n) is 4.78. The van der Waals surface area contributed by atoms with Crippen molar-refractivity contribution < 1.29 is 0 Å². The molecule has 1 atom stereocenters. The van der Waals surface area contributed by atoms with E-state index in [0.717, 1.165) is 5.92 Å². The van der Waals surface area contributed by atoms with Crippen LogP contribution in [0.5, 0.6) is 0 Å². The minimum atomic E-state index is 0.277. The Balaban J connectivity index is 2.07. The van der Waals surface area contributed by atoms with Crippen LogP contribution < -0.4 is 5.73 Å². The van der Waals surface area contributed by atoms with E-state index in [-0.39, 0.29) is 6.04 Å². The Bertz CT molecular complexity index is 278. The first-order chi connectivity index (χ1) is 6.27. The molecule has 1 unspecified atom stereocenters. The van der Waals surface area contributed by atoms with E-state index in [4.69, 9.17) is 5.73 Å². The van der Waals surface area contributed by atoms with Gasteiger partial charge in [-0.1, -0.05) is 12.8 Å². The Morgan fingerprint density at radius 1 is 1.38 bits per heavy atom. The molecule has 2 N–H and O–H groups in total. The predicted octanol–water partition coefficient (Wildman–Crippen LogP) is 3.70. The zero-order valence-corrected chi connectivity index (χ0v) is 9.90. The average Bonchev–Trinajstić information content (AvgIpc) is 2.72. The molecule has 1 aliphatic rings. The Morgan fingerprint density at radius 3 is 2.62 bits per heavy atom. The van der Waals surface area contributed by atoms with Crippen LogP contribution in [0.2, 0.25) is 0 Å². The van der Waals surface area contributed by atoms with Gasteiger partial charge in [-0.15, -0.1) is 11.3 Å². The second-order valence-corrected chi connectivity index (χ2v) is 6.21. The molecule has 2 rings (SSSR count). The smallest absolute Gasteiger partial charge is 0.0701 e. The average molecular weight is 260 g/mol. The fraction of sp³-hybridized carbons (Fsp3) is 0.600. The quantitative estimate of drug-likeness (QED) is 0.862. The van der Waals surface area contributed by atoms with Gasteiger partial charge in [0.15, 0.2) is 0 Å². The van der Waals surface area contributed by atoms with E-state index >= 15 is 0 Å². The summed E-state index contributed by atoms with van der Waals surface area (Å²) in [7, 11) is 0. The highest BCUT2D eigenvalue weighted by atomic mass is 79.9. The summed E-state index contributed by atoms with van der Waals surface area (Å²) in [4.78, 5) is 1.33. The van der Waals surface area contributed by atoms with Gasteiger partial charge in [0.05, 0.1) is 3.79 Å². The molecule has 0 spiro atoms. The van der Waals surface area contributed by atoms with Gasteiger partial charge in [0.25, 0.3) is 0 Å². The van der Waals surface area contributed by atoms with Crippen LogP contribution in [0.25, 0.3) is 0 Å². The van der Waals surface area contributed by atoms with Crippen molar-refractivity contribution in [2.24, 2.45) is 11.7 Å². The molecule has 0 amide bonds. The van der Waals surface area contributed by atoms with Crippen molar-refractivity contribution in [1.82, 2.24) is 0 Å². The molecule has 1 nitrogen and oxygen atoms in total. The van der Waals surface area contributed by atoms with Gasteiger partial charge in [-0.05, 0) is 46.8 Å². The summed E-state index contributed by atoms with van der Waals surface area (Å²) in [5.74, 6) is 0.727. The lowest BCUT2D eigenvalue weighted by atomic mass is 9.98. The number of halogens is 1. The molecular weight excluding hydrogens is 246 g/mol. The summed E-state index contributed by atoms with van der Waals surface area (Å²) in [6, 6.07) is 4.52. The lowest BCUT2D eigenvalue weighted by Gasteiger charge is -2.16. The highest BCUT2D eigenvalue weighted by Crippen LogP contribution is 2.37. The van der Waals surface area contributed by atoms with Crippen molar-refractivity contribution in [2.75, 3.05) is 0 Å². The molecule has 0 radical (unpaired) electrons. The molecule has 72 valence electrons. The second kappa shape index (κ2) is 4.11. The molecular formula is C10H14BrNS. The third-order valence-corrected chi connectivity index (χ3v) is 4.56. The van der Waals surface area contributed by atoms with Crippen LogP contribution in [-0.2, 0) is 0 Å². The summed E-state index contributed by atoms with van der Waals surface area (Å²) in [6.07, 6.45) is 5.36. The molecule has 1 aromatic rings. The largest absolute Gasteiger partial charge is 0.323 e. The number of hydrogen-bond donors (Lipinski definition) is 1. The minimum absolute atomic E-state index is 0.277. The Hall–Kier alpha value is 0.140. The lowest BCUT2D eigenvalue weighted by molar-refractivity contribution is 0.450. The van der Waals surface area contributed by atoms with Crippen LogP contribution in [0, 0.1) is 5.92 Å². The summed E-state index contributed by atoms with van der Waals surface area (Å²) < 4.78 is 1.19. The maximum atomic E-state index is 6.20. The molecule has 0 aromatic carbocycles. The molecule has 1 heterocycles. The number of nitrogens with two attached hydrogens (primary N) is 1. The van der Waals surface area contributed by atoms with Crippen LogP contribution in [-0.4, -0.2) is 0 Å². The zero-order chi connectivity index (χ0) is 9.26. The van der Waals surface area contributed by atoms with Gasteiger partial charge < -0.3 is 5.73 Å². The first-order valence-corrected chi connectivity index (χ1v) is 6.39. The summed E-state index contributed by atoms with van der Waals surface area (Å²) >= 11 is 5.25. The van der Waals surface area contributed by atoms with E-state index in [1.807, 2.05) is 0 Å². The predicted molar refractivity (Wildman–Crippen MR) is 60.9 cm³/mol. The van der Waals surface area contributed by atoms with Crippen molar-refractivity contribution in [3.8, 4) is 0 Å². The molecule has 1 aromatic heterocycles.